The molecule has 64 valence electrons. The second kappa shape index (κ2) is 6.10. The van der Waals surface area contributed by atoms with E-state index < -0.39 is 17.6 Å². The summed E-state index contributed by atoms with van der Waals surface area (Å²) in [5, 5.41) is 19.3. The third kappa shape index (κ3) is 4.38. The average molecular weight is 190 g/mol. The molecule has 1 aromatic rings. The SMILES string of the molecule is O=[N+]([O-])CC(O)c1ccccc1.[Na+]. The molecular weight excluding hydrogens is 181 g/mol. The van der Waals surface area contributed by atoms with Gasteiger partial charge in [0.25, 0.3) is 0 Å². The van der Waals surface area contributed by atoms with Crippen molar-refractivity contribution < 1.29 is 39.6 Å². The number of benzene rings is 1. The van der Waals surface area contributed by atoms with Crippen LogP contribution in [0.1, 0.15) is 11.7 Å². The van der Waals surface area contributed by atoms with E-state index in [-0.39, 0.29) is 29.6 Å². The van der Waals surface area contributed by atoms with Crippen molar-refractivity contribution in [2.45, 2.75) is 6.10 Å². The summed E-state index contributed by atoms with van der Waals surface area (Å²) >= 11 is 0. The van der Waals surface area contributed by atoms with Gasteiger partial charge in [-0.05, 0) is 5.56 Å². The maximum absolute atomic E-state index is 10.0. The number of rotatable bonds is 3. The predicted octanol–water partition coefficient (Wildman–Crippen LogP) is -2.00. The molecule has 1 N–H and O–H groups in total. The zero-order valence-corrected chi connectivity index (χ0v) is 9.38. The Kier molecular flexibility index (Phi) is 5.90. The van der Waals surface area contributed by atoms with Gasteiger partial charge in [-0.1, -0.05) is 30.3 Å². The number of nitrogens with zero attached hydrogens (tertiary/aromatic N) is 1. The molecule has 1 atom stereocenters. The summed E-state index contributed by atoms with van der Waals surface area (Å²) in [5.74, 6) is 0. The standard InChI is InChI=1S/C8H9NO3.Na/c10-8(6-9(11)12)7-4-2-1-3-5-7;/h1-5,8,10H,6H2;/q;+1. The number of aliphatic hydroxyl groups excluding tert-OH is 1. The summed E-state index contributed by atoms with van der Waals surface area (Å²) in [6, 6.07) is 8.59. The van der Waals surface area contributed by atoms with Crippen LogP contribution >= 0.6 is 0 Å². The van der Waals surface area contributed by atoms with Crippen LogP contribution in [-0.2, 0) is 0 Å². The van der Waals surface area contributed by atoms with Gasteiger partial charge in [0.05, 0.1) is 0 Å². The molecule has 5 heteroatoms. The first-order chi connectivity index (χ1) is 5.70. The summed E-state index contributed by atoms with van der Waals surface area (Å²) in [6.45, 7) is -0.440. The first-order valence-electron chi connectivity index (χ1n) is 3.55. The second-order valence-corrected chi connectivity index (χ2v) is 2.44. The molecule has 0 heterocycles. The third-order valence-electron chi connectivity index (χ3n) is 1.51. The molecular formula is C8H9NNaO3+. The Bertz CT molecular complexity index is 265. The van der Waals surface area contributed by atoms with Gasteiger partial charge in [0, 0.05) is 4.92 Å². The topological polar surface area (TPSA) is 63.4 Å². The third-order valence-corrected chi connectivity index (χ3v) is 1.51. The normalized spacial score (nSPS) is 11.5. The minimum Gasteiger partial charge on any atom is -0.382 e. The van der Waals surface area contributed by atoms with E-state index in [1.54, 1.807) is 30.3 Å². The van der Waals surface area contributed by atoms with Gasteiger partial charge < -0.3 is 5.11 Å². The summed E-state index contributed by atoms with van der Waals surface area (Å²) in [7, 11) is 0. The fourth-order valence-electron chi connectivity index (χ4n) is 0.922. The van der Waals surface area contributed by atoms with Gasteiger partial charge in [-0.25, -0.2) is 0 Å². The van der Waals surface area contributed by atoms with E-state index in [1.165, 1.54) is 0 Å². The summed E-state index contributed by atoms with van der Waals surface area (Å²) < 4.78 is 0. The Morgan fingerprint density at radius 1 is 1.38 bits per heavy atom. The van der Waals surface area contributed by atoms with Crippen LogP contribution in [0.5, 0.6) is 0 Å². The van der Waals surface area contributed by atoms with Crippen molar-refractivity contribution in [1.29, 1.82) is 0 Å². The fraction of sp³-hybridized carbons (Fsp3) is 0.250. The maximum atomic E-state index is 10.0. The number of hydrogen-bond donors (Lipinski definition) is 1. The van der Waals surface area contributed by atoms with Crippen LogP contribution in [0.4, 0.5) is 0 Å². The van der Waals surface area contributed by atoms with Gasteiger partial charge in [-0.3, -0.25) is 10.1 Å². The van der Waals surface area contributed by atoms with E-state index in [4.69, 9.17) is 0 Å². The van der Waals surface area contributed by atoms with Crippen LogP contribution in [0.2, 0.25) is 0 Å². The van der Waals surface area contributed by atoms with Crippen LogP contribution in [0, 0.1) is 10.1 Å². The molecule has 13 heavy (non-hydrogen) atoms. The van der Waals surface area contributed by atoms with Crippen LogP contribution in [0.25, 0.3) is 0 Å². The molecule has 1 unspecified atom stereocenters. The van der Waals surface area contributed by atoms with Crippen molar-refractivity contribution in [3.8, 4) is 0 Å². The van der Waals surface area contributed by atoms with E-state index in [2.05, 4.69) is 0 Å². The maximum Gasteiger partial charge on any atom is 1.00 e. The van der Waals surface area contributed by atoms with Crippen LogP contribution in [0.15, 0.2) is 30.3 Å². The Balaban J connectivity index is 0.00000144. The molecule has 1 rings (SSSR count). The quantitative estimate of drug-likeness (QED) is 0.340. The van der Waals surface area contributed by atoms with Crippen molar-refractivity contribution in [1.82, 2.24) is 0 Å². The largest absolute Gasteiger partial charge is 1.00 e. The molecule has 0 aliphatic heterocycles. The first-order valence-corrected chi connectivity index (χ1v) is 3.55. The van der Waals surface area contributed by atoms with Crippen molar-refractivity contribution in [3.05, 3.63) is 46.0 Å². The van der Waals surface area contributed by atoms with Crippen molar-refractivity contribution in [2.75, 3.05) is 6.54 Å². The van der Waals surface area contributed by atoms with Crippen LogP contribution in [-0.4, -0.2) is 16.6 Å². The molecule has 0 amide bonds. The van der Waals surface area contributed by atoms with Crippen molar-refractivity contribution in [3.63, 3.8) is 0 Å². The summed E-state index contributed by atoms with van der Waals surface area (Å²) in [6.07, 6.45) is -0.999. The second-order valence-electron chi connectivity index (χ2n) is 2.44. The molecule has 0 spiro atoms. The van der Waals surface area contributed by atoms with Gasteiger partial charge in [0.2, 0.25) is 6.54 Å². The van der Waals surface area contributed by atoms with E-state index in [9.17, 15) is 15.2 Å². The molecule has 0 aliphatic carbocycles. The average Bonchev–Trinajstić information content (AvgIpc) is 2.05. The zero-order chi connectivity index (χ0) is 8.97. The predicted molar refractivity (Wildman–Crippen MR) is 43.3 cm³/mol. The monoisotopic (exact) mass is 190 g/mol. The van der Waals surface area contributed by atoms with E-state index in [0.29, 0.717) is 5.56 Å². The summed E-state index contributed by atoms with van der Waals surface area (Å²) in [4.78, 5) is 9.50. The molecule has 0 bridgehead atoms. The molecule has 0 fully saturated rings. The minimum atomic E-state index is -0.999. The van der Waals surface area contributed by atoms with E-state index >= 15 is 0 Å². The van der Waals surface area contributed by atoms with E-state index in [1.807, 2.05) is 0 Å². The Morgan fingerprint density at radius 2 is 1.92 bits per heavy atom. The number of hydrogen-bond acceptors (Lipinski definition) is 3. The van der Waals surface area contributed by atoms with Crippen LogP contribution in [0.3, 0.4) is 0 Å². The molecule has 0 aromatic heterocycles. The summed E-state index contributed by atoms with van der Waals surface area (Å²) in [5.41, 5.74) is 0.578. The Morgan fingerprint density at radius 3 is 2.38 bits per heavy atom. The molecule has 0 saturated carbocycles. The van der Waals surface area contributed by atoms with Gasteiger partial charge in [0.15, 0.2) is 0 Å². The van der Waals surface area contributed by atoms with Gasteiger partial charge in [-0.2, -0.15) is 0 Å². The molecule has 0 radical (unpaired) electrons. The van der Waals surface area contributed by atoms with Crippen LogP contribution < -0.4 is 29.6 Å². The fourth-order valence-corrected chi connectivity index (χ4v) is 0.922. The first kappa shape index (κ1) is 12.6. The smallest absolute Gasteiger partial charge is 0.382 e. The number of nitro groups is 1. The Hall–Kier alpha value is -0.420. The number of aliphatic hydroxyl groups is 1. The van der Waals surface area contributed by atoms with Crippen molar-refractivity contribution in [2.24, 2.45) is 0 Å². The molecule has 0 aliphatic rings. The molecule has 0 saturated heterocycles. The molecule has 1 aromatic carbocycles. The molecule has 4 nitrogen and oxygen atoms in total. The van der Waals surface area contributed by atoms with E-state index in [0.717, 1.165) is 0 Å². The van der Waals surface area contributed by atoms with Gasteiger partial charge in [0.1, 0.15) is 6.10 Å². The Labute approximate surface area is 98.0 Å². The minimum absolute atomic E-state index is 0. The van der Waals surface area contributed by atoms with Gasteiger partial charge >= 0.3 is 29.6 Å². The van der Waals surface area contributed by atoms with Gasteiger partial charge in [-0.15, -0.1) is 0 Å². The van der Waals surface area contributed by atoms with Crippen molar-refractivity contribution >= 4 is 0 Å². The zero-order valence-electron chi connectivity index (χ0n) is 7.38.